The van der Waals surface area contributed by atoms with E-state index >= 15 is 0 Å². The van der Waals surface area contributed by atoms with Crippen molar-refractivity contribution in [1.82, 2.24) is 4.98 Å². The number of ether oxygens (including phenoxy) is 1. The van der Waals surface area contributed by atoms with Gasteiger partial charge in [0.2, 0.25) is 0 Å². The lowest BCUT2D eigenvalue weighted by atomic mass is 10.1. The molecule has 1 heterocycles. The van der Waals surface area contributed by atoms with Crippen LogP contribution in [0.3, 0.4) is 0 Å². The minimum atomic E-state index is -0.446. The van der Waals surface area contributed by atoms with Gasteiger partial charge in [-0.3, -0.25) is 0 Å². The van der Waals surface area contributed by atoms with E-state index < -0.39 is 6.04 Å². The number of nitrogens with zero attached hydrogens (tertiary/aromatic N) is 1. The molecule has 1 unspecified atom stereocenters. The van der Waals surface area contributed by atoms with Crippen molar-refractivity contribution >= 4 is 34.5 Å². The Bertz CT molecular complexity index is 593. The smallest absolute Gasteiger partial charge is 0.144 e. The van der Waals surface area contributed by atoms with Gasteiger partial charge in [0.05, 0.1) is 23.9 Å². The molecule has 1 atom stereocenters. The van der Waals surface area contributed by atoms with Crippen molar-refractivity contribution in [2.75, 3.05) is 7.11 Å². The number of benzene rings is 1. The van der Waals surface area contributed by atoms with Crippen LogP contribution in [0.25, 0.3) is 0 Å². The van der Waals surface area contributed by atoms with Crippen molar-refractivity contribution in [2.45, 2.75) is 19.9 Å². The SMILES string of the molecule is COc1c(Cl)ccc(Cl)c1C(N)c1nc(C)c(C)s1. The van der Waals surface area contributed by atoms with E-state index in [9.17, 15) is 0 Å². The highest BCUT2D eigenvalue weighted by atomic mass is 35.5. The molecule has 6 heteroatoms. The molecule has 0 fully saturated rings. The van der Waals surface area contributed by atoms with Crippen LogP contribution in [0.15, 0.2) is 12.1 Å². The van der Waals surface area contributed by atoms with Gasteiger partial charge < -0.3 is 10.5 Å². The first-order valence-corrected chi connectivity index (χ1v) is 7.24. The molecule has 0 amide bonds. The van der Waals surface area contributed by atoms with Crippen molar-refractivity contribution in [3.8, 4) is 5.75 Å². The second-order valence-electron chi connectivity index (χ2n) is 4.15. The molecule has 0 bridgehead atoms. The Labute approximate surface area is 126 Å². The van der Waals surface area contributed by atoms with E-state index in [0.29, 0.717) is 21.4 Å². The first kappa shape index (κ1) is 14.6. The molecule has 102 valence electrons. The van der Waals surface area contributed by atoms with Crippen molar-refractivity contribution in [3.05, 3.63) is 43.3 Å². The maximum Gasteiger partial charge on any atom is 0.144 e. The van der Waals surface area contributed by atoms with Crippen LogP contribution < -0.4 is 10.5 Å². The lowest BCUT2D eigenvalue weighted by molar-refractivity contribution is 0.408. The standard InChI is InChI=1S/C13H14Cl2N2OS/c1-6-7(2)19-13(17-6)11(16)10-8(14)4-5-9(15)12(10)18-3/h4-5,11H,16H2,1-3H3. The highest BCUT2D eigenvalue weighted by molar-refractivity contribution is 7.11. The third kappa shape index (κ3) is 2.72. The second-order valence-corrected chi connectivity index (χ2v) is 6.20. The summed E-state index contributed by atoms with van der Waals surface area (Å²) in [6.45, 7) is 3.97. The van der Waals surface area contributed by atoms with Crippen LogP contribution in [0.2, 0.25) is 10.0 Å². The molecular formula is C13H14Cl2N2OS. The van der Waals surface area contributed by atoms with Crippen LogP contribution in [0, 0.1) is 13.8 Å². The fourth-order valence-electron chi connectivity index (χ4n) is 1.80. The Kier molecular flexibility index (Phi) is 4.36. The summed E-state index contributed by atoms with van der Waals surface area (Å²) in [6, 6.07) is 2.96. The average Bonchev–Trinajstić information content (AvgIpc) is 2.71. The minimum absolute atomic E-state index is 0.446. The number of hydrogen-bond acceptors (Lipinski definition) is 4. The van der Waals surface area contributed by atoms with Gasteiger partial charge in [-0.15, -0.1) is 11.3 Å². The van der Waals surface area contributed by atoms with Crippen molar-refractivity contribution in [3.63, 3.8) is 0 Å². The number of rotatable bonds is 3. The van der Waals surface area contributed by atoms with Gasteiger partial charge in [-0.05, 0) is 26.0 Å². The van der Waals surface area contributed by atoms with Crippen molar-refractivity contribution in [1.29, 1.82) is 0 Å². The number of aromatic nitrogens is 1. The molecule has 0 aliphatic rings. The summed E-state index contributed by atoms with van der Waals surface area (Å²) in [5.74, 6) is 0.507. The van der Waals surface area contributed by atoms with Crippen LogP contribution in [0.5, 0.6) is 5.75 Å². The van der Waals surface area contributed by atoms with E-state index in [-0.39, 0.29) is 0 Å². The lowest BCUT2D eigenvalue weighted by Gasteiger charge is -2.16. The Morgan fingerprint density at radius 1 is 1.26 bits per heavy atom. The molecule has 2 rings (SSSR count). The number of hydrogen-bond donors (Lipinski definition) is 1. The van der Waals surface area contributed by atoms with Crippen LogP contribution in [0.1, 0.15) is 27.2 Å². The predicted octanol–water partition coefficient (Wildman–Crippen LogP) is 4.12. The molecule has 0 radical (unpaired) electrons. The molecule has 2 N–H and O–H groups in total. The Balaban J connectivity index is 2.54. The molecule has 0 aliphatic carbocycles. The zero-order valence-corrected chi connectivity index (χ0v) is 13.2. The summed E-state index contributed by atoms with van der Waals surface area (Å²) in [5, 5.41) is 1.82. The molecule has 19 heavy (non-hydrogen) atoms. The van der Waals surface area contributed by atoms with Gasteiger partial charge in [-0.2, -0.15) is 0 Å². The monoisotopic (exact) mass is 316 g/mol. The Morgan fingerprint density at radius 2 is 1.89 bits per heavy atom. The maximum absolute atomic E-state index is 6.27. The van der Waals surface area contributed by atoms with Crippen LogP contribution in [-0.4, -0.2) is 12.1 Å². The average molecular weight is 317 g/mol. The van der Waals surface area contributed by atoms with Crippen molar-refractivity contribution < 1.29 is 4.74 Å². The summed E-state index contributed by atoms with van der Waals surface area (Å²) >= 11 is 13.9. The first-order chi connectivity index (χ1) is 8.95. The Morgan fingerprint density at radius 3 is 2.42 bits per heavy atom. The molecule has 3 nitrogen and oxygen atoms in total. The molecule has 2 aromatic rings. The van der Waals surface area contributed by atoms with E-state index in [0.717, 1.165) is 15.6 Å². The van der Waals surface area contributed by atoms with E-state index in [4.69, 9.17) is 33.7 Å². The lowest BCUT2D eigenvalue weighted by Crippen LogP contribution is -2.13. The number of thiazole rings is 1. The third-order valence-electron chi connectivity index (χ3n) is 2.92. The summed E-state index contributed by atoms with van der Waals surface area (Å²) in [7, 11) is 1.55. The second kappa shape index (κ2) is 5.67. The summed E-state index contributed by atoms with van der Waals surface area (Å²) in [6.07, 6.45) is 0. The molecule has 0 aliphatic heterocycles. The fraction of sp³-hybridized carbons (Fsp3) is 0.308. The highest BCUT2D eigenvalue weighted by Crippen LogP contribution is 2.40. The van der Waals surface area contributed by atoms with Gasteiger partial charge in [0.25, 0.3) is 0 Å². The van der Waals surface area contributed by atoms with Crippen LogP contribution >= 0.6 is 34.5 Å². The number of halogens is 2. The topological polar surface area (TPSA) is 48.1 Å². The fourth-order valence-corrected chi connectivity index (χ4v) is 3.24. The van der Waals surface area contributed by atoms with Gasteiger partial charge in [0.15, 0.2) is 0 Å². The Hall–Kier alpha value is -0.810. The summed E-state index contributed by atoms with van der Waals surface area (Å²) in [4.78, 5) is 5.61. The molecule has 0 saturated heterocycles. The normalized spacial score (nSPS) is 12.5. The first-order valence-electron chi connectivity index (χ1n) is 5.67. The number of methoxy groups -OCH3 is 1. The molecule has 1 aromatic heterocycles. The quantitative estimate of drug-likeness (QED) is 0.926. The molecule has 1 aromatic carbocycles. The summed E-state index contributed by atoms with van der Waals surface area (Å²) in [5.41, 5.74) is 7.92. The number of nitrogens with two attached hydrogens (primary N) is 1. The molecular weight excluding hydrogens is 303 g/mol. The zero-order valence-electron chi connectivity index (χ0n) is 10.8. The van der Waals surface area contributed by atoms with Gasteiger partial charge >= 0.3 is 0 Å². The molecule has 0 saturated carbocycles. The van der Waals surface area contributed by atoms with E-state index in [1.165, 1.54) is 0 Å². The van der Waals surface area contributed by atoms with E-state index in [1.54, 1.807) is 30.6 Å². The van der Waals surface area contributed by atoms with Crippen molar-refractivity contribution in [2.24, 2.45) is 5.73 Å². The van der Waals surface area contributed by atoms with Crippen LogP contribution in [0.4, 0.5) is 0 Å². The summed E-state index contributed by atoms with van der Waals surface area (Å²) < 4.78 is 5.32. The van der Waals surface area contributed by atoms with E-state index in [1.807, 2.05) is 13.8 Å². The largest absolute Gasteiger partial charge is 0.495 e. The third-order valence-corrected chi connectivity index (χ3v) is 4.70. The maximum atomic E-state index is 6.27. The van der Waals surface area contributed by atoms with Gasteiger partial charge in [-0.25, -0.2) is 4.98 Å². The zero-order chi connectivity index (χ0) is 14.2. The van der Waals surface area contributed by atoms with Crippen LogP contribution in [-0.2, 0) is 0 Å². The van der Waals surface area contributed by atoms with E-state index in [2.05, 4.69) is 4.98 Å². The van der Waals surface area contributed by atoms with Gasteiger partial charge in [-0.1, -0.05) is 23.2 Å². The number of aryl methyl sites for hydroxylation is 2. The molecule has 0 spiro atoms. The van der Waals surface area contributed by atoms with Gasteiger partial charge in [0.1, 0.15) is 10.8 Å². The van der Waals surface area contributed by atoms with Gasteiger partial charge in [0, 0.05) is 15.5 Å². The predicted molar refractivity (Wildman–Crippen MR) is 80.6 cm³/mol. The highest BCUT2D eigenvalue weighted by Gasteiger charge is 2.23. The minimum Gasteiger partial charge on any atom is -0.495 e.